The van der Waals surface area contributed by atoms with Crippen LogP contribution in [-0.4, -0.2) is 41.4 Å². The van der Waals surface area contributed by atoms with E-state index in [1.807, 2.05) is 6.07 Å². The number of carbonyl (C=O) groups excluding carboxylic acids is 1. The molecule has 0 heterocycles. The second-order valence-electron chi connectivity index (χ2n) is 4.22. The Labute approximate surface area is 116 Å². The Hall–Kier alpha value is -2.59. The van der Waals surface area contributed by atoms with Gasteiger partial charge in [-0.05, 0) is 31.2 Å². The van der Waals surface area contributed by atoms with E-state index in [0.717, 1.165) is 0 Å². The van der Waals surface area contributed by atoms with Crippen LogP contribution in [0, 0.1) is 11.3 Å². The number of hydrogen-bond donors (Lipinski definition) is 3. The summed E-state index contributed by atoms with van der Waals surface area (Å²) >= 11 is 0. The van der Waals surface area contributed by atoms with Gasteiger partial charge in [0, 0.05) is 12.7 Å². The summed E-state index contributed by atoms with van der Waals surface area (Å²) < 4.78 is 0. The molecule has 3 N–H and O–H groups in total. The predicted octanol–water partition coefficient (Wildman–Crippen LogP) is 0.538. The van der Waals surface area contributed by atoms with E-state index in [2.05, 4.69) is 5.32 Å². The zero-order valence-corrected chi connectivity index (χ0v) is 11.1. The molecule has 2 unspecified atom stereocenters. The van der Waals surface area contributed by atoms with Gasteiger partial charge in [-0.15, -0.1) is 0 Å². The molecule has 0 fully saturated rings. The summed E-state index contributed by atoms with van der Waals surface area (Å²) in [6.07, 6.45) is -1.22. The lowest BCUT2D eigenvalue weighted by Gasteiger charge is -2.22. The molecular weight excluding hydrogens is 262 g/mol. The zero-order valence-electron chi connectivity index (χ0n) is 11.1. The van der Waals surface area contributed by atoms with Crippen molar-refractivity contribution in [1.29, 1.82) is 5.26 Å². The van der Waals surface area contributed by atoms with Gasteiger partial charge in [-0.3, -0.25) is 4.90 Å². The number of carbonyl (C=O) groups is 2. The maximum atomic E-state index is 11.9. The fourth-order valence-electron chi connectivity index (χ4n) is 1.50. The Balaban J connectivity index is 2.80. The highest BCUT2D eigenvalue weighted by Crippen LogP contribution is 2.13. The lowest BCUT2D eigenvalue weighted by molar-refractivity contribution is -0.141. The van der Waals surface area contributed by atoms with Crippen molar-refractivity contribution in [3.8, 4) is 6.07 Å². The number of aliphatic hydroxyl groups excluding tert-OH is 1. The summed E-state index contributed by atoms with van der Waals surface area (Å²) in [5.41, 5.74) is 0.950. The molecule has 2 amide bonds. The van der Waals surface area contributed by atoms with Crippen LogP contribution in [0.4, 0.5) is 10.5 Å². The first-order valence-electron chi connectivity index (χ1n) is 5.82. The minimum Gasteiger partial charge on any atom is -0.480 e. The Morgan fingerprint density at radius 3 is 2.30 bits per heavy atom. The molecule has 7 nitrogen and oxygen atoms in total. The monoisotopic (exact) mass is 277 g/mol. The summed E-state index contributed by atoms with van der Waals surface area (Å²) in [4.78, 5) is 24.0. The molecule has 1 aromatic carbocycles. The van der Waals surface area contributed by atoms with E-state index < -0.39 is 24.1 Å². The van der Waals surface area contributed by atoms with Crippen LogP contribution in [0.25, 0.3) is 0 Å². The van der Waals surface area contributed by atoms with E-state index >= 15 is 0 Å². The lowest BCUT2D eigenvalue weighted by atomic mass is 10.2. The van der Waals surface area contributed by atoms with E-state index in [-0.39, 0.29) is 0 Å². The predicted molar refractivity (Wildman–Crippen MR) is 71.2 cm³/mol. The number of benzene rings is 1. The summed E-state index contributed by atoms with van der Waals surface area (Å²) in [5, 5.41) is 29.1. The van der Waals surface area contributed by atoms with E-state index in [9.17, 15) is 14.7 Å². The summed E-state index contributed by atoms with van der Waals surface area (Å²) in [6, 6.07) is 6.12. The van der Waals surface area contributed by atoms with Crippen LogP contribution in [0.1, 0.15) is 12.5 Å². The minimum atomic E-state index is -1.39. The lowest BCUT2D eigenvalue weighted by Crippen LogP contribution is -2.51. The highest BCUT2D eigenvalue weighted by molar-refractivity contribution is 5.94. The third-order valence-corrected chi connectivity index (χ3v) is 2.72. The Morgan fingerprint density at radius 2 is 1.90 bits per heavy atom. The van der Waals surface area contributed by atoms with E-state index in [0.29, 0.717) is 11.3 Å². The molecule has 1 aromatic rings. The molecule has 0 saturated heterocycles. The van der Waals surface area contributed by atoms with Crippen molar-refractivity contribution in [3.63, 3.8) is 0 Å². The number of carboxylic acids is 1. The minimum absolute atomic E-state index is 0.454. The van der Waals surface area contributed by atoms with Gasteiger partial charge in [-0.25, -0.2) is 9.59 Å². The van der Waals surface area contributed by atoms with Crippen molar-refractivity contribution >= 4 is 17.7 Å². The number of anilines is 1. The van der Waals surface area contributed by atoms with Gasteiger partial charge in [0.2, 0.25) is 0 Å². The van der Waals surface area contributed by atoms with Gasteiger partial charge in [0.1, 0.15) is 0 Å². The number of amides is 2. The molecule has 0 aliphatic rings. The number of nitrogens with zero attached hydrogens (tertiary/aromatic N) is 2. The van der Waals surface area contributed by atoms with Crippen molar-refractivity contribution in [2.75, 3.05) is 11.9 Å². The largest absolute Gasteiger partial charge is 0.480 e. The SMILES string of the molecule is CC(O)C(NC(=O)N(C)c1ccc(C#N)cc1)C(=O)O. The maximum absolute atomic E-state index is 11.9. The zero-order chi connectivity index (χ0) is 15.3. The fraction of sp³-hybridized carbons (Fsp3) is 0.308. The third-order valence-electron chi connectivity index (χ3n) is 2.72. The second-order valence-corrected chi connectivity index (χ2v) is 4.22. The number of aliphatic carboxylic acids is 1. The molecule has 0 radical (unpaired) electrons. The third kappa shape index (κ3) is 3.70. The number of carboxylic acid groups (broad SMARTS) is 1. The second kappa shape index (κ2) is 6.54. The van der Waals surface area contributed by atoms with Crippen molar-refractivity contribution in [2.45, 2.75) is 19.1 Å². The standard InChI is InChI=1S/C13H15N3O4/c1-8(17)11(12(18)19)15-13(20)16(2)10-5-3-9(7-14)4-6-10/h3-6,8,11,17H,1-2H3,(H,15,20)(H,18,19). The van der Waals surface area contributed by atoms with E-state index in [4.69, 9.17) is 10.4 Å². The summed E-state index contributed by atoms with van der Waals surface area (Å²) in [7, 11) is 1.46. The van der Waals surface area contributed by atoms with Crippen LogP contribution in [0.3, 0.4) is 0 Å². The van der Waals surface area contributed by atoms with E-state index in [1.54, 1.807) is 24.3 Å². The van der Waals surface area contributed by atoms with Crippen LogP contribution in [0.2, 0.25) is 0 Å². The maximum Gasteiger partial charge on any atom is 0.328 e. The molecule has 0 aliphatic heterocycles. The molecule has 0 aliphatic carbocycles. The van der Waals surface area contributed by atoms with Crippen LogP contribution >= 0.6 is 0 Å². The molecule has 1 rings (SSSR count). The number of aliphatic hydroxyl groups is 1. The highest BCUT2D eigenvalue weighted by Gasteiger charge is 2.26. The molecule has 7 heteroatoms. The van der Waals surface area contributed by atoms with Gasteiger partial charge in [-0.2, -0.15) is 5.26 Å². The summed E-state index contributed by atoms with van der Waals surface area (Å²) in [6.45, 7) is 1.28. The number of hydrogen-bond acceptors (Lipinski definition) is 4. The topological polar surface area (TPSA) is 114 Å². The van der Waals surface area contributed by atoms with Crippen LogP contribution in [0.15, 0.2) is 24.3 Å². The fourth-order valence-corrected chi connectivity index (χ4v) is 1.50. The van der Waals surface area contributed by atoms with Gasteiger partial charge in [-0.1, -0.05) is 0 Å². The average molecular weight is 277 g/mol. The quantitative estimate of drug-likeness (QED) is 0.743. The smallest absolute Gasteiger partial charge is 0.328 e. The molecule has 0 saturated carbocycles. The Morgan fingerprint density at radius 1 is 1.35 bits per heavy atom. The number of rotatable bonds is 4. The molecule has 2 atom stereocenters. The van der Waals surface area contributed by atoms with Gasteiger partial charge in [0.05, 0.1) is 17.7 Å². The van der Waals surface area contributed by atoms with Crippen molar-refractivity contribution < 1.29 is 19.8 Å². The first-order chi connectivity index (χ1) is 9.36. The van der Waals surface area contributed by atoms with Crippen LogP contribution < -0.4 is 10.2 Å². The first kappa shape index (κ1) is 15.5. The number of urea groups is 1. The molecule has 0 spiro atoms. The first-order valence-corrected chi connectivity index (χ1v) is 5.82. The average Bonchev–Trinajstić information content (AvgIpc) is 2.43. The normalized spacial score (nSPS) is 12.9. The number of nitrogens with one attached hydrogen (secondary N) is 1. The van der Waals surface area contributed by atoms with Crippen LogP contribution in [0.5, 0.6) is 0 Å². The molecule has 106 valence electrons. The Bertz CT molecular complexity index is 534. The van der Waals surface area contributed by atoms with Gasteiger partial charge in [0.15, 0.2) is 6.04 Å². The van der Waals surface area contributed by atoms with Gasteiger partial charge in [0.25, 0.3) is 0 Å². The van der Waals surface area contributed by atoms with Crippen molar-refractivity contribution in [1.82, 2.24) is 5.32 Å². The van der Waals surface area contributed by atoms with Crippen LogP contribution in [-0.2, 0) is 4.79 Å². The molecule has 20 heavy (non-hydrogen) atoms. The van der Waals surface area contributed by atoms with Gasteiger partial charge >= 0.3 is 12.0 Å². The van der Waals surface area contributed by atoms with E-state index in [1.165, 1.54) is 18.9 Å². The molecule has 0 aromatic heterocycles. The molecular formula is C13H15N3O4. The Kier molecular flexibility index (Phi) is 5.06. The highest BCUT2D eigenvalue weighted by atomic mass is 16.4. The number of nitriles is 1. The van der Waals surface area contributed by atoms with Crippen molar-refractivity contribution in [2.24, 2.45) is 0 Å². The molecule has 0 bridgehead atoms. The van der Waals surface area contributed by atoms with Gasteiger partial charge < -0.3 is 15.5 Å². The van der Waals surface area contributed by atoms with Crippen molar-refractivity contribution in [3.05, 3.63) is 29.8 Å². The summed E-state index contributed by atoms with van der Waals surface area (Å²) in [5.74, 6) is -1.32.